The van der Waals surface area contributed by atoms with Crippen molar-refractivity contribution in [3.8, 4) is 0 Å². The summed E-state index contributed by atoms with van der Waals surface area (Å²) in [5.74, 6) is 0.553. The summed E-state index contributed by atoms with van der Waals surface area (Å²) < 4.78 is 5.85. The van der Waals surface area contributed by atoms with Crippen LogP contribution in [-0.2, 0) is 4.74 Å². The maximum absolute atomic E-state index is 5.85. The SMILES string of the molecule is CC1CN(C)C(C)(C(C)C)O1. The van der Waals surface area contributed by atoms with Crippen molar-refractivity contribution in [3.63, 3.8) is 0 Å². The predicted octanol–water partition coefficient (Wildman–Crippen LogP) is 1.71. The molecular weight excluding hydrogens is 138 g/mol. The lowest BCUT2D eigenvalue weighted by atomic mass is 10.0. The largest absolute Gasteiger partial charge is 0.356 e. The third-order valence-corrected chi connectivity index (χ3v) is 2.80. The Morgan fingerprint density at radius 2 is 2.09 bits per heavy atom. The Bertz CT molecular complexity index is 146. The van der Waals surface area contributed by atoms with E-state index in [2.05, 4.69) is 39.6 Å². The Balaban J connectivity index is 2.71. The van der Waals surface area contributed by atoms with Gasteiger partial charge in [0.25, 0.3) is 0 Å². The van der Waals surface area contributed by atoms with E-state index in [1.807, 2.05) is 0 Å². The zero-order valence-corrected chi connectivity index (χ0v) is 8.22. The van der Waals surface area contributed by atoms with Crippen LogP contribution >= 0.6 is 0 Å². The number of nitrogens with zero attached hydrogens (tertiary/aromatic N) is 1. The summed E-state index contributed by atoms with van der Waals surface area (Å²) in [7, 11) is 2.13. The minimum atomic E-state index is -0.0422. The Kier molecular flexibility index (Phi) is 2.26. The first-order chi connectivity index (χ1) is 4.97. The topological polar surface area (TPSA) is 12.5 Å². The number of ether oxygens (including phenoxy) is 1. The van der Waals surface area contributed by atoms with Crippen LogP contribution in [0.5, 0.6) is 0 Å². The maximum atomic E-state index is 5.85. The van der Waals surface area contributed by atoms with Crippen LogP contribution in [0.15, 0.2) is 0 Å². The quantitative estimate of drug-likeness (QED) is 0.574. The molecule has 0 spiro atoms. The normalized spacial score (nSPS) is 40.4. The van der Waals surface area contributed by atoms with Crippen LogP contribution in [0.4, 0.5) is 0 Å². The maximum Gasteiger partial charge on any atom is 0.121 e. The van der Waals surface area contributed by atoms with E-state index in [0.29, 0.717) is 12.0 Å². The lowest BCUT2D eigenvalue weighted by Crippen LogP contribution is -2.44. The zero-order chi connectivity index (χ0) is 8.65. The Morgan fingerprint density at radius 3 is 2.27 bits per heavy atom. The highest BCUT2D eigenvalue weighted by Crippen LogP contribution is 2.31. The predicted molar refractivity (Wildman–Crippen MR) is 46.4 cm³/mol. The summed E-state index contributed by atoms with van der Waals surface area (Å²) in [6, 6.07) is 0. The van der Waals surface area contributed by atoms with Crippen molar-refractivity contribution in [1.29, 1.82) is 0 Å². The molecular formula is C9H19NO. The smallest absolute Gasteiger partial charge is 0.121 e. The summed E-state index contributed by atoms with van der Waals surface area (Å²) in [5, 5.41) is 0. The lowest BCUT2D eigenvalue weighted by Gasteiger charge is -2.34. The fraction of sp³-hybridized carbons (Fsp3) is 1.00. The van der Waals surface area contributed by atoms with Crippen molar-refractivity contribution in [3.05, 3.63) is 0 Å². The van der Waals surface area contributed by atoms with Gasteiger partial charge < -0.3 is 4.74 Å². The molecule has 2 heteroatoms. The first kappa shape index (κ1) is 9.01. The first-order valence-corrected chi connectivity index (χ1v) is 4.36. The summed E-state index contributed by atoms with van der Waals surface area (Å²) >= 11 is 0. The summed E-state index contributed by atoms with van der Waals surface area (Å²) in [4.78, 5) is 2.29. The summed E-state index contributed by atoms with van der Waals surface area (Å²) in [5.41, 5.74) is -0.0422. The molecule has 0 aromatic carbocycles. The average molecular weight is 157 g/mol. The monoisotopic (exact) mass is 157 g/mol. The van der Waals surface area contributed by atoms with Gasteiger partial charge in [-0.25, -0.2) is 0 Å². The van der Waals surface area contributed by atoms with Crippen LogP contribution in [0.2, 0.25) is 0 Å². The fourth-order valence-corrected chi connectivity index (χ4v) is 1.68. The van der Waals surface area contributed by atoms with E-state index in [1.165, 1.54) is 0 Å². The van der Waals surface area contributed by atoms with Gasteiger partial charge in [0.1, 0.15) is 5.72 Å². The average Bonchev–Trinajstić information content (AvgIpc) is 2.08. The van der Waals surface area contributed by atoms with E-state index in [0.717, 1.165) is 6.54 Å². The molecule has 1 fully saturated rings. The molecule has 0 aromatic heterocycles. The lowest BCUT2D eigenvalue weighted by molar-refractivity contribution is -0.110. The van der Waals surface area contributed by atoms with Crippen molar-refractivity contribution in [2.24, 2.45) is 5.92 Å². The molecule has 0 radical (unpaired) electrons. The van der Waals surface area contributed by atoms with Gasteiger partial charge in [-0.15, -0.1) is 0 Å². The molecule has 0 N–H and O–H groups in total. The standard InChI is InChI=1S/C9H19NO/c1-7(2)9(4)10(5)6-8(3)11-9/h7-8H,6H2,1-5H3. The molecule has 0 amide bonds. The molecule has 1 heterocycles. The van der Waals surface area contributed by atoms with E-state index in [1.54, 1.807) is 0 Å². The Labute approximate surface area is 69.5 Å². The van der Waals surface area contributed by atoms with Crippen molar-refractivity contribution < 1.29 is 4.74 Å². The van der Waals surface area contributed by atoms with Crippen LogP contribution in [0.3, 0.4) is 0 Å². The number of hydrogen-bond acceptors (Lipinski definition) is 2. The highest BCUT2D eigenvalue weighted by molar-refractivity contribution is 4.85. The van der Waals surface area contributed by atoms with E-state index in [4.69, 9.17) is 4.74 Å². The summed E-state index contributed by atoms with van der Waals surface area (Å²) in [6.07, 6.45) is 0.382. The minimum absolute atomic E-state index is 0.0422. The molecule has 1 saturated heterocycles. The van der Waals surface area contributed by atoms with Gasteiger partial charge in [-0.05, 0) is 26.8 Å². The molecule has 0 bridgehead atoms. The molecule has 2 nitrogen and oxygen atoms in total. The van der Waals surface area contributed by atoms with E-state index >= 15 is 0 Å². The Morgan fingerprint density at radius 1 is 1.55 bits per heavy atom. The second-order valence-electron chi connectivity index (χ2n) is 4.02. The van der Waals surface area contributed by atoms with Crippen molar-refractivity contribution in [2.45, 2.75) is 39.5 Å². The second kappa shape index (κ2) is 2.76. The number of rotatable bonds is 1. The third kappa shape index (κ3) is 1.42. The molecule has 0 saturated carbocycles. The van der Waals surface area contributed by atoms with Gasteiger partial charge in [-0.3, -0.25) is 4.90 Å². The summed E-state index contributed by atoms with van der Waals surface area (Å²) in [6.45, 7) is 9.75. The van der Waals surface area contributed by atoms with Crippen molar-refractivity contribution >= 4 is 0 Å². The van der Waals surface area contributed by atoms with E-state index in [9.17, 15) is 0 Å². The Hall–Kier alpha value is -0.0800. The van der Waals surface area contributed by atoms with Gasteiger partial charge in [0, 0.05) is 6.54 Å². The van der Waals surface area contributed by atoms with E-state index in [-0.39, 0.29) is 5.72 Å². The van der Waals surface area contributed by atoms with Gasteiger partial charge in [-0.1, -0.05) is 13.8 Å². The molecule has 66 valence electrons. The fourth-order valence-electron chi connectivity index (χ4n) is 1.68. The van der Waals surface area contributed by atoms with Gasteiger partial charge in [0.2, 0.25) is 0 Å². The van der Waals surface area contributed by atoms with Crippen molar-refractivity contribution in [2.75, 3.05) is 13.6 Å². The molecule has 1 aliphatic rings. The molecule has 0 aliphatic carbocycles. The van der Waals surface area contributed by atoms with Crippen LogP contribution in [0.1, 0.15) is 27.7 Å². The van der Waals surface area contributed by atoms with E-state index < -0.39 is 0 Å². The molecule has 2 atom stereocenters. The molecule has 11 heavy (non-hydrogen) atoms. The van der Waals surface area contributed by atoms with Gasteiger partial charge in [0.15, 0.2) is 0 Å². The highest BCUT2D eigenvalue weighted by atomic mass is 16.5. The first-order valence-electron chi connectivity index (χ1n) is 4.36. The molecule has 2 unspecified atom stereocenters. The molecule has 0 aromatic rings. The van der Waals surface area contributed by atoms with Crippen molar-refractivity contribution in [1.82, 2.24) is 4.90 Å². The molecule has 1 aliphatic heterocycles. The van der Waals surface area contributed by atoms with Crippen LogP contribution in [-0.4, -0.2) is 30.3 Å². The van der Waals surface area contributed by atoms with Crippen LogP contribution < -0.4 is 0 Å². The third-order valence-electron chi connectivity index (χ3n) is 2.80. The van der Waals surface area contributed by atoms with Gasteiger partial charge in [0.05, 0.1) is 6.10 Å². The van der Waals surface area contributed by atoms with Crippen LogP contribution in [0, 0.1) is 5.92 Å². The van der Waals surface area contributed by atoms with Gasteiger partial charge >= 0.3 is 0 Å². The highest BCUT2D eigenvalue weighted by Gasteiger charge is 2.41. The zero-order valence-electron chi connectivity index (χ0n) is 8.22. The van der Waals surface area contributed by atoms with Crippen LogP contribution in [0.25, 0.3) is 0 Å². The number of hydrogen-bond donors (Lipinski definition) is 0. The molecule has 1 rings (SSSR count). The second-order valence-corrected chi connectivity index (χ2v) is 4.02. The minimum Gasteiger partial charge on any atom is -0.356 e. The van der Waals surface area contributed by atoms with Gasteiger partial charge in [-0.2, -0.15) is 0 Å². The number of likely N-dealkylation sites (N-methyl/N-ethyl adjacent to an activating group) is 1.